The fraction of sp³-hybridized carbons (Fsp3) is 0.429. The topological polar surface area (TPSA) is 128 Å². The lowest BCUT2D eigenvalue weighted by atomic mass is 9.82. The summed E-state index contributed by atoms with van der Waals surface area (Å²) < 4.78 is 18.9. The average molecular weight is 541 g/mol. The molecule has 2 atom stereocenters. The van der Waals surface area contributed by atoms with Crippen LogP contribution in [0.2, 0.25) is 0 Å². The summed E-state index contributed by atoms with van der Waals surface area (Å²) in [5.41, 5.74) is 0.469. The molecule has 1 heterocycles. The van der Waals surface area contributed by atoms with E-state index in [0.29, 0.717) is 5.75 Å². The zero-order valence-corrected chi connectivity index (χ0v) is 21.8. The number of urea groups is 1. The summed E-state index contributed by atoms with van der Waals surface area (Å²) in [7, 11) is 1.47. The minimum atomic E-state index is -1.34. The van der Waals surface area contributed by atoms with Crippen LogP contribution < -0.4 is 15.4 Å². The number of hydrogen-bond acceptors (Lipinski definition) is 5. The number of carbonyl (C=O) groups is 4. The summed E-state index contributed by atoms with van der Waals surface area (Å²) >= 11 is 0. The molecule has 4 rings (SSSR count). The van der Waals surface area contributed by atoms with Gasteiger partial charge in [-0.2, -0.15) is 0 Å². The number of ether oxygens (including phenoxy) is 1. The van der Waals surface area contributed by atoms with E-state index in [-0.39, 0.29) is 36.7 Å². The van der Waals surface area contributed by atoms with E-state index in [9.17, 15) is 28.7 Å². The number of hydrogen-bond donors (Lipinski definition) is 3. The van der Waals surface area contributed by atoms with Crippen LogP contribution in [-0.2, 0) is 9.59 Å². The normalized spacial score (nSPS) is 18.4. The average Bonchev–Trinajstić information content (AvgIpc) is 3.38. The van der Waals surface area contributed by atoms with Crippen LogP contribution >= 0.6 is 0 Å². The summed E-state index contributed by atoms with van der Waals surface area (Å²) in [6, 6.07) is 10.5. The first kappa shape index (κ1) is 27.9. The minimum absolute atomic E-state index is 0.0164. The van der Waals surface area contributed by atoms with E-state index in [2.05, 4.69) is 10.6 Å². The Balaban J connectivity index is 1.61. The van der Waals surface area contributed by atoms with Gasteiger partial charge in [-0.15, -0.1) is 0 Å². The maximum atomic E-state index is 13.8. The Kier molecular flexibility index (Phi) is 9.00. The highest BCUT2D eigenvalue weighted by molar-refractivity contribution is 6.01. The van der Waals surface area contributed by atoms with Gasteiger partial charge in [0.1, 0.15) is 11.6 Å². The second kappa shape index (κ2) is 12.6. The molecule has 2 aromatic rings. The molecule has 2 aromatic carbocycles. The van der Waals surface area contributed by atoms with Crippen LogP contribution in [0.25, 0.3) is 0 Å². The molecule has 0 bridgehead atoms. The molecular formula is C28H33FN4O6. The molecule has 1 aliphatic carbocycles. The third kappa shape index (κ3) is 6.84. The monoisotopic (exact) mass is 540 g/mol. The van der Waals surface area contributed by atoms with Gasteiger partial charge in [-0.25, -0.2) is 9.18 Å². The first-order valence-electron chi connectivity index (χ1n) is 13.1. The van der Waals surface area contributed by atoms with Gasteiger partial charge >= 0.3 is 12.0 Å². The van der Waals surface area contributed by atoms with Crippen LogP contribution in [0.15, 0.2) is 48.5 Å². The Labute approximate surface area is 226 Å². The number of amides is 4. The maximum absolute atomic E-state index is 13.8. The maximum Gasteiger partial charge on any atom is 0.323 e. The number of nitrogens with one attached hydrogen (secondary N) is 2. The van der Waals surface area contributed by atoms with Crippen LogP contribution in [0.3, 0.4) is 0 Å². The van der Waals surface area contributed by atoms with E-state index in [1.807, 2.05) is 0 Å². The van der Waals surface area contributed by atoms with E-state index in [1.54, 1.807) is 24.3 Å². The summed E-state index contributed by atoms with van der Waals surface area (Å²) in [5, 5.41) is 15.0. The van der Waals surface area contributed by atoms with Gasteiger partial charge in [0.05, 0.1) is 13.5 Å². The molecule has 0 spiro atoms. The zero-order chi connectivity index (χ0) is 27.9. The Morgan fingerprint density at radius 3 is 2.44 bits per heavy atom. The van der Waals surface area contributed by atoms with E-state index in [4.69, 9.17) is 4.74 Å². The van der Waals surface area contributed by atoms with Gasteiger partial charge in [0.2, 0.25) is 0 Å². The van der Waals surface area contributed by atoms with Gasteiger partial charge in [0.15, 0.2) is 6.17 Å². The smallest absolute Gasteiger partial charge is 0.323 e. The number of carboxylic acid groups (broad SMARTS) is 1. The largest absolute Gasteiger partial charge is 0.497 e. The molecule has 1 saturated heterocycles. The number of methoxy groups -OCH3 is 1. The van der Waals surface area contributed by atoms with Gasteiger partial charge in [-0.3, -0.25) is 19.3 Å². The number of benzene rings is 2. The number of carboxylic acids is 1. The molecule has 208 valence electrons. The van der Waals surface area contributed by atoms with Crippen molar-refractivity contribution in [2.45, 2.75) is 50.7 Å². The highest BCUT2D eigenvalue weighted by atomic mass is 19.1. The number of nitrogens with zero attached hydrogens (tertiary/aromatic N) is 2. The van der Waals surface area contributed by atoms with Crippen molar-refractivity contribution in [3.63, 3.8) is 0 Å². The van der Waals surface area contributed by atoms with Gasteiger partial charge in [0.25, 0.3) is 11.8 Å². The first-order chi connectivity index (χ1) is 18.8. The molecule has 1 saturated carbocycles. The molecule has 0 radical (unpaired) electrons. The first-order valence-corrected chi connectivity index (χ1v) is 13.1. The molecular weight excluding hydrogens is 507 g/mol. The van der Waals surface area contributed by atoms with E-state index in [0.717, 1.165) is 38.2 Å². The molecule has 0 aromatic heterocycles. The lowest BCUT2D eigenvalue weighted by Gasteiger charge is -2.34. The van der Waals surface area contributed by atoms with Crippen LogP contribution in [0.4, 0.5) is 14.9 Å². The van der Waals surface area contributed by atoms with Crippen molar-refractivity contribution < 1.29 is 33.4 Å². The fourth-order valence-corrected chi connectivity index (χ4v) is 5.34. The summed E-state index contributed by atoms with van der Waals surface area (Å²) in [6.45, 7) is 0.111. The Morgan fingerprint density at radius 2 is 1.74 bits per heavy atom. The van der Waals surface area contributed by atoms with E-state index >= 15 is 0 Å². The van der Waals surface area contributed by atoms with Crippen molar-refractivity contribution in [1.29, 1.82) is 0 Å². The van der Waals surface area contributed by atoms with Gasteiger partial charge < -0.3 is 25.4 Å². The molecule has 3 N–H and O–H groups in total. The van der Waals surface area contributed by atoms with Crippen molar-refractivity contribution in [3.8, 4) is 5.75 Å². The van der Waals surface area contributed by atoms with E-state index in [1.165, 1.54) is 35.1 Å². The number of anilines is 1. The molecule has 2 aliphatic rings. The molecule has 2 fully saturated rings. The third-order valence-corrected chi connectivity index (χ3v) is 7.26. The van der Waals surface area contributed by atoms with Crippen molar-refractivity contribution in [2.75, 3.05) is 25.5 Å². The molecule has 11 heteroatoms. The number of rotatable bonds is 8. The van der Waals surface area contributed by atoms with Crippen molar-refractivity contribution >= 4 is 29.5 Å². The summed E-state index contributed by atoms with van der Waals surface area (Å²) in [4.78, 5) is 54.7. The summed E-state index contributed by atoms with van der Waals surface area (Å²) in [6.07, 6.45) is 2.94. The SMILES string of the molecule is COc1cccc(C(=O)N2CCN(C(=O)Nc3cccc(F)c3)C2C(=O)NC(CC(=O)O)C2CCCCC2)c1. The quantitative estimate of drug-likeness (QED) is 0.469. The minimum Gasteiger partial charge on any atom is -0.497 e. The highest BCUT2D eigenvalue weighted by Gasteiger charge is 2.44. The molecule has 2 unspecified atom stereocenters. The zero-order valence-electron chi connectivity index (χ0n) is 21.8. The number of carbonyl (C=O) groups excluding carboxylic acids is 3. The third-order valence-electron chi connectivity index (χ3n) is 7.26. The highest BCUT2D eigenvalue weighted by Crippen LogP contribution is 2.29. The predicted molar refractivity (Wildman–Crippen MR) is 141 cm³/mol. The van der Waals surface area contributed by atoms with Crippen molar-refractivity contribution in [3.05, 3.63) is 59.9 Å². The Hall–Kier alpha value is -4.15. The lowest BCUT2D eigenvalue weighted by molar-refractivity contribution is -0.138. The fourth-order valence-electron chi connectivity index (χ4n) is 5.34. The van der Waals surface area contributed by atoms with Crippen LogP contribution in [-0.4, -0.2) is 71.1 Å². The van der Waals surface area contributed by atoms with Gasteiger partial charge in [-0.1, -0.05) is 31.4 Å². The van der Waals surface area contributed by atoms with Gasteiger partial charge in [0, 0.05) is 30.4 Å². The standard InChI is InChI=1S/C28H33FN4O6/c1-39-22-12-5-9-19(15-22)27(37)32-13-14-33(28(38)30-21-11-6-10-20(29)16-21)26(32)25(36)31-23(17-24(34)35)18-7-3-2-4-8-18/h5-6,9-12,15-16,18,23,26H,2-4,7-8,13-14,17H2,1H3,(H,30,38)(H,31,36)(H,34,35). The van der Waals surface area contributed by atoms with Gasteiger partial charge in [-0.05, 0) is 55.2 Å². The predicted octanol–water partition coefficient (Wildman–Crippen LogP) is 3.69. The number of halogens is 1. The summed E-state index contributed by atoms with van der Waals surface area (Å²) in [5.74, 6) is -2.26. The van der Waals surface area contributed by atoms with Crippen LogP contribution in [0, 0.1) is 11.7 Å². The van der Waals surface area contributed by atoms with Crippen molar-refractivity contribution in [1.82, 2.24) is 15.1 Å². The van der Waals surface area contributed by atoms with E-state index < -0.39 is 41.8 Å². The second-order valence-corrected chi connectivity index (χ2v) is 9.85. The number of aliphatic carboxylic acids is 1. The van der Waals surface area contributed by atoms with Crippen molar-refractivity contribution in [2.24, 2.45) is 5.92 Å². The molecule has 1 aliphatic heterocycles. The second-order valence-electron chi connectivity index (χ2n) is 9.85. The Bertz CT molecular complexity index is 1220. The Morgan fingerprint density at radius 1 is 1.03 bits per heavy atom. The van der Waals surface area contributed by atoms with Crippen LogP contribution in [0.5, 0.6) is 5.75 Å². The molecule has 4 amide bonds. The molecule has 10 nitrogen and oxygen atoms in total. The van der Waals surface area contributed by atoms with Crippen LogP contribution in [0.1, 0.15) is 48.9 Å². The molecule has 39 heavy (non-hydrogen) atoms. The lowest BCUT2D eigenvalue weighted by Crippen LogP contribution is -2.57.